The van der Waals surface area contributed by atoms with Crippen LogP contribution < -0.4 is 26.6 Å². The summed E-state index contributed by atoms with van der Waals surface area (Å²) in [6.45, 7) is 1.30. The van der Waals surface area contributed by atoms with Gasteiger partial charge in [-0.25, -0.2) is 4.79 Å². The number of carboxylic acids is 1. The van der Waals surface area contributed by atoms with Gasteiger partial charge in [-0.2, -0.15) is 0 Å². The third kappa shape index (κ3) is 10.6. The maximum Gasteiger partial charge on any atom is 0.407 e. The van der Waals surface area contributed by atoms with Crippen LogP contribution in [0.1, 0.15) is 36.5 Å². The van der Waals surface area contributed by atoms with Gasteiger partial charge in [-0.15, -0.1) is 0 Å². The first-order valence-electron chi connectivity index (χ1n) is 16.0. The molecule has 14 heteroatoms. The molecule has 4 rings (SSSR count). The summed E-state index contributed by atoms with van der Waals surface area (Å²) >= 11 is 0. The molecule has 1 atom stereocenters. The van der Waals surface area contributed by atoms with Gasteiger partial charge in [0, 0.05) is 12.3 Å². The lowest BCUT2D eigenvalue weighted by molar-refractivity contribution is -0.150. The second-order valence-corrected chi connectivity index (χ2v) is 12.3. The number of hydrogen-bond donors (Lipinski definition) is 6. The Kier molecular flexibility index (Phi) is 13.0. The zero-order valence-corrected chi connectivity index (χ0v) is 27.8. The van der Waals surface area contributed by atoms with Crippen LogP contribution in [0, 0.1) is 5.41 Å². The molecule has 0 unspecified atom stereocenters. The van der Waals surface area contributed by atoms with E-state index in [1.807, 2.05) is 48.5 Å². The molecular formula is C36H41N5O9. The Balaban J connectivity index is 1.19. The second-order valence-electron chi connectivity index (χ2n) is 12.3. The van der Waals surface area contributed by atoms with Gasteiger partial charge in [0.1, 0.15) is 25.9 Å². The highest BCUT2D eigenvalue weighted by Gasteiger charge is 2.29. The van der Waals surface area contributed by atoms with Crippen molar-refractivity contribution in [1.29, 1.82) is 0 Å². The van der Waals surface area contributed by atoms with Gasteiger partial charge in [0.2, 0.25) is 23.6 Å². The average Bonchev–Trinajstić information content (AvgIpc) is 3.43. The average molecular weight is 688 g/mol. The van der Waals surface area contributed by atoms with Gasteiger partial charge < -0.3 is 41.2 Å². The van der Waals surface area contributed by atoms with Gasteiger partial charge in [-0.3, -0.25) is 24.0 Å². The van der Waals surface area contributed by atoms with Crippen molar-refractivity contribution in [2.45, 2.75) is 32.2 Å². The van der Waals surface area contributed by atoms with E-state index >= 15 is 0 Å². The van der Waals surface area contributed by atoms with Crippen LogP contribution in [0.15, 0.2) is 78.9 Å². The van der Waals surface area contributed by atoms with Crippen LogP contribution in [0.3, 0.4) is 0 Å². The van der Waals surface area contributed by atoms with Crippen molar-refractivity contribution in [2.75, 3.05) is 39.6 Å². The summed E-state index contributed by atoms with van der Waals surface area (Å²) in [7, 11) is 0. The van der Waals surface area contributed by atoms with E-state index in [0.717, 1.165) is 27.8 Å². The first kappa shape index (κ1) is 37.1. The van der Waals surface area contributed by atoms with Crippen molar-refractivity contribution in [3.8, 4) is 11.1 Å². The van der Waals surface area contributed by atoms with Crippen LogP contribution in [0.25, 0.3) is 11.1 Å². The summed E-state index contributed by atoms with van der Waals surface area (Å²) in [5.74, 6) is -3.75. The Morgan fingerprint density at radius 2 is 1.28 bits per heavy atom. The molecule has 3 aromatic carbocycles. The predicted octanol–water partition coefficient (Wildman–Crippen LogP) is 1.69. The van der Waals surface area contributed by atoms with E-state index in [1.54, 1.807) is 30.3 Å². The third-order valence-corrected chi connectivity index (χ3v) is 7.95. The van der Waals surface area contributed by atoms with E-state index in [4.69, 9.17) is 14.6 Å². The molecule has 0 aliphatic heterocycles. The number of carbonyl (C=O) groups excluding carboxylic acids is 5. The van der Waals surface area contributed by atoms with Crippen LogP contribution in [0.5, 0.6) is 0 Å². The smallest absolute Gasteiger partial charge is 0.407 e. The molecule has 264 valence electrons. The van der Waals surface area contributed by atoms with E-state index in [9.17, 15) is 28.8 Å². The molecular weight excluding hydrogens is 646 g/mol. The highest BCUT2D eigenvalue weighted by Crippen LogP contribution is 2.44. The number of rotatable bonds is 17. The molecule has 0 fully saturated rings. The number of fused-ring (bicyclic) bond motifs is 3. The molecule has 0 saturated carbocycles. The fraction of sp³-hybridized carbons (Fsp3) is 0.333. The van der Waals surface area contributed by atoms with Crippen LogP contribution in [-0.4, -0.2) is 86.4 Å². The Bertz CT molecular complexity index is 1650. The van der Waals surface area contributed by atoms with E-state index in [1.165, 1.54) is 13.8 Å². The summed E-state index contributed by atoms with van der Waals surface area (Å²) in [6, 6.07) is 23.6. The van der Waals surface area contributed by atoms with Gasteiger partial charge in [0.05, 0.1) is 25.1 Å². The SMILES string of the molecule is CC(C)(COCNC(=O)CNC(=O)[C@H](Cc1ccccc1)NC(=O)CNC(=O)CNC(=O)OCC1c2ccccc2-c2ccccc21)C(=O)O. The van der Waals surface area contributed by atoms with Gasteiger partial charge in [0.25, 0.3) is 0 Å². The van der Waals surface area contributed by atoms with Crippen LogP contribution in [-0.2, 0) is 39.9 Å². The Hall–Kier alpha value is -5.76. The van der Waals surface area contributed by atoms with E-state index < -0.39 is 66.8 Å². The number of carbonyl (C=O) groups is 6. The number of nitrogens with one attached hydrogen (secondary N) is 5. The zero-order valence-electron chi connectivity index (χ0n) is 27.8. The molecule has 5 amide bonds. The molecule has 0 bridgehead atoms. The van der Waals surface area contributed by atoms with E-state index in [2.05, 4.69) is 26.6 Å². The zero-order chi connectivity index (χ0) is 36.1. The van der Waals surface area contributed by atoms with Crippen molar-refractivity contribution < 1.29 is 43.3 Å². The molecule has 0 heterocycles. The second kappa shape index (κ2) is 17.6. The molecule has 14 nitrogen and oxygen atoms in total. The van der Waals surface area contributed by atoms with Crippen LogP contribution >= 0.6 is 0 Å². The lowest BCUT2D eigenvalue weighted by Crippen LogP contribution is -2.52. The van der Waals surface area contributed by atoms with E-state index in [-0.39, 0.29) is 32.3 Å². The van der Waals surface area contributed by atoms with Gasteiger partial charge >= 0.3 is 12.1 Å². The van der Waals surface area contributed by atoms with Crippen molar-refractivity contribution in [1.82, 2.24) is 26.6 Å². The van der Waals surface area contributed by atoms with E-state index in [0.29, 0.717) is 0 Å². The largest absolute Gasteiger partial charge is 0.481 e. The molecule has 0 aromatic heterocycles. The minimum absolute atomic E-state index is 0.0787. The standard InChI is InChI=1S/C36H41N5O9/c1-36(2,34(46)47)21-49-22-40-31(43)17-38-33(45)29(16-23-10-4-3-5-11-23)41-32(44)19-37-30(42)18-39-35(48)50-20-28-26-14-8-6-12-24(26)25-13-7-9-15-27(25)28/h3-15,28-29H,16-22H2,1-2H3,(H,37,42)(H,38,45)(H,39,48)(H,40,43)(H,41,44)(H,46,47)/t29-/m0/s1. The molecule has 1 aliphatic carbocycles. The normalized spacial score (nSPS) is 12.4. The number of carboxylic acid groups (broad SMARTS) is 1. The van der Waals surface area contributed by atoms with Crippen molar-refractivity contribution >= 4 is 35.7 Å². The van der Waals surface area contributed by atoms with Gasteiger partial charge in [0.15, 0.2) is 0 Å². The fourth-order valence-corrected chi connectivity index (χ4v) is 5.20. The topological polar surface area (TPSA) is 201 Å². The highest BCUT2D eigenvalue weighted by atomic mass is 16.5. The molecule has 0 radical (unpaired) electrons. The number of hydrogen-bond acceptors (Lipinski definition) is 8. The summed E-state index contributed by atoms with van der Waals surface area (Å²) in [4.78, 5) is 73.9. The molecule has 0 saturated heterocycles. The minimum atomic E-state index is -1.14. The maximum absolute atomic E-state index is 13.0. The Labute approximate surface area is 289 Å². The molecule has 1 aliphatic rings. The quantitative estimate of drug-likeness (QED) is 0.0902. The minimum Gasteiger partial charge on any atom is -0.481 e. The van der Waals surface area contributed by atoms with Gasteiger partial charge in [-0.1, -0.05) is 78.9 Å². The van der Waals surface area contributed by atoms with Crippen molar-refractivity contribution in [2.24, 2.45) is 5.41 Å². The predicted molar refractivity (Wildman–Crippen MR) is 182 cm³/mol. The maximum atomic E-state index is 13.0. The highest BCUT2D eigenvalue weighted by molar-refractivity contribution is 5.92. The number of aliphatic carboxylic acids is 1. The molecule has 0 spiro atoms. The summed E-state index contributed by atoms with van der Waals surface area (Å²) in [5, 5.41) is 21.4. The number of amides is 5. The fourth-order valence-electron chi connectivity index (χ4n) is 5.20. The molecule has 50 heavy (non-hydrogen) atoms. The van der Waals surface area contributed by atoms with Crippen LogP contribution in [0.4, 0.5) is 4.79 Å². The number of benzene rings is 3. The summed E-state index contributed by atoms with van der Waals surface area (Å²) in [6.07, 6.45) is -0.684. The van der Waals surface area contributed by atoms with Crippen molar-refractivity contribution in [3.05, 3.63) is 95.6 Å². The summed E-state index contributed by atoms with van der Waals surface area (Å²) in [5.41, 5.74) is 3.88. The van der Waals surface area contributed by atoms with Crippen molar-refractivity contribution in [3.63, 3.8) is 0 Å². The molecule has 6 N–H and O–H groups in total. The lowest BCUT2D eigenvalue weighted by Gasteiger charge is -2.20. The summed E-state index contributed by atoms with van der Waals surface area (Å²) < 4.78 is 10.6. The molecule has 3 aromatic rings. The first-order valence-corrected chi connectivity index (χ1v) is 16.0. The monoisotopic (exact) mass is 687 g/mol. The third-order valence-electron chi connectivity index (χ3n) is 7.95. The lowest BCUT2D eigenvalue weighted by atomic mass is 9.95. The Morgan fingerprint density at radius 1 is 0.720 bits per heavy atom. The first-order chi connectivity index (χ1) is 23.9. The van der Waals surface area contributed by atoms with Crippen LogP contribution in [0.2, 0.25) is 0 Å². The van der Waals surface area contributed by atoms with Gasteiger partial charge in [-0.05, 0) is 41.7 Å². The number of ether oxygens (including phenoxy) is 2. The Morgan fingerprint density at radius 3 is 1.92 bits per heavy atom. The number of alkyl carbamates (subject to hydrolysis) is 1.